The summed E-state index contributed by atoms with van der Waals surface area (Å²) in [4.78, 5) is 16.2. The van der Waals surface area contributed by atoms with Crippen LogP contribution in [0.15, 0.2) is 59.5 Å². The third-order valence-electron chi connectivity index (χ3n) is 7.33. The lowest BCUT2D eigenvalue weighted by molar-refractivity contribution is 0.103. The number of sulfonamides is 1. The molecule has 186 valence electrons. The predicted octanol–water partition coefficient (Wildman–Crippen LogP) is 5.43. The standard InChI is InChI=1S/C27H33N3O3S2/c1-20-11-15-29(16-12-20)17-13-23-8-5-14-30(23)35(32,33)24-9-4-7-22(19-24)28-27(31)26-18-21-6-2-3-10-25(21)34-26/h2-4,6-7,9-10,18-20,23H,5,8,11-17H2,1H3,(H,28,31)/t23-/m1/s1. The van der Waals surface area contributed by atoms with Gasteiger partial charge in [0.15, 0.2) is 0 Å². The van der Waals surface area contributed by atoms with Crippen LogP contribution in [0.4, 0.5) is 5.69 Å². The number of carbonyl (C=O) groups is 1. The summed E-state index contributed by atoms with van der Waals surface area (Å²) in [5.41, 5.74) is 0.492. The highest BCUT2D eigenvalue weighted by atomic mass is 32.2. The second-order valence-corrected chi connectivity index (χ2v) is 12.8. The van der Waals surface area contributed by atoms with Crippen LogP contribution in [0.2, 0.25) is 0 Å². The van der Waals surface area contributed by atoms with Gasteiger partial charge in [-0.15, -0.1) is 11.3 Å². The highest BCUT2D eigenvalue weighted by molar-refractivity contribution is 7.89. The number of thiophene rings is 1. The number of carbonyl (C=O) groups excluding carboxylic acids is 1. The van der Waals surface area contributed by atoms with E-state index in [0.29, 0.717) is 17.1 Å². The molecule has 5 rings (SSSR count). The van der Waals surface area contributed by atoms with Crippen LogP contribution in [0.25, 0.3) is 10.1 Å². The highest BCUT2D eigenvalue weighted by Gasteiger charge is 2.35. The van der Waals surface area contributed by atoms with E-state index in [2.05, 4.69) is 17.1 Å². The summed E-state index contributed by atoms with van der Waals surface area (Å²) in [6, 6.07) is 16.4. The Balaban J connectivity index is 1.27. The van der Waals surface area contributed by atoms with Crippen molar-refractivity contribution < 1.29 is 13.2 Å². The molecule has 1 atom stereocenters. The molecule has 0 radical (unpaired) electrons. The number of benzene rings is 2. The maximum Gasteiger partial charge on any atom is 0.265 e. The zero-order valence-corrected chi connectivity index (χ0v) is 21.8. The Morgan fingerprint density at radius 3 is 2.63 bits per heavy atom. The summed E-state index contributed by atoms with van der Waals surface area (Å²) in [7, 11) is -3.63. The lowest BCUT2D eigenvalue weighted by Gasteiger charge is -2.32. The molecule has 6 nitrogen and oxygen atoms in total. The predicted molar refractivity (Wildman–Crippen MR) is 143 cm³/mol. The second kappa shape index (κ2) is 10.4. The summed E-state index contributed by atoms with van der Waals surface area (Å²) in [6.07, 6.45) is 5.13. The summed E-state index contributed by atoms with van der Waals surface area (Å²) in [5, 5.41) is 3.91. The molecular weight excluding hydrogens is 478 g/mol. The van der Waals surface area contributed by atoms with E-state index in [4.69, 9.17) is 0 Å². The van der Waals surface area contributed by atoms with Crippen molar-refractivity contribution in [1.82, 2.24) is 9.21 Å². The van der Waals surface area contributed by atoms with Crippen LogP contribution < -0.4 is 5.32 Å². The lowest BCUT2D eigenvalue weighted by Crippen LogP contribution is -2.40. The fraction of sp³-hybridized carbons (Fsp3) is 0.444. The molecule has 8 heteroatoms. The van der Waals surface area contributed by atoms with Gasteiger partial charge in [-0.2, -0.15) is 4.31 Å². The molecule has 2 aliphatic rings. The van der Waals surface area contributed by atoms with Crippen molar-refractivity contribution in [3.63, 3.8) is 0 Å². The number of nitrogens with one attached hydrogen (secondary N) is 1. The molecule has 1 N–H and O–H groups in total. The first-order chi connectivity index (χ1) is 16.9. The monoisotopic (exact) mass is 511 g/mol. The molecule has 3 aromatic rings. The van der Waals surface area contributed by atoms with Gasteiger partial charge in [-0.25, -0.2) is 8.42 Å². The molecule has 0 aliphatic carbocycles. The van der Waals surface area contributed by atoms with Gasteiger partial charge in [0.25, 0.3) is 5.91 Å². The number of rotatable bonds is 7. The van der Waals surface area contributed by atoms with Crippen LogP contribution in [0.5, 0.6) is 0 Å². The molecule has 0 bridgehead atoms. The van der Waals surface area contributed by atoms with Crippen LogP contribution in [-0.4, -0.2) is 55.8 Å². The van der Waals surface area contributed by atoms with Crippen LogP contribution in [0.3, 0.4) is 0 Å². The molecule has 0 unspecified atom stereocenters. The normalized spacial score (nSPS) is 20.4. The van der Waals surface area contributed by atoms with Gasteiger partial charge in [0, 0.05) is 23.0 Å². The minimum Gasteiger partial charge on any atom is -0.321 e. The maximum absolute atomic E-state index is 13.6. The Morgan fingerprint density at radius 1 is 1.03 bits per heavy atom. The van der Waals surface area contributed by atoms with Crippen molar-refractivity contribution >= 4 is 43.0 Å². The molecule has 35 heavy (non-hydrogen) atoms. The quantitative estimate of drug-likeness (QED) is 0.459. The Hall–Kier alpha value is -2.26. The van der Waals surface area contributed by atoms with E-state index in [-0.39, 0.29) is 16.8 Å². The maximum atomic E-state index is 13.6. The summed E-state index contributed by atoms with van der Waals surface area (Å²) >= 11 is 1.43. The fourth-order valence-corrected chi connectivity index (χ4v) is 7.92. The largest absolute Gasteiger partial charge is 0.321 e. The molecule has 2 fully saturated rings. The zero-order chi connectivity index (χ0) is 24.4. The SMILES string of the molecule is CC1CCN(CC[C@H]2CCCN2S(=O)(=O)c2cccc(NC(=O)c3cc4ccccc4s3)c2)CC1. The summed E-state index contributed by atoms with van der Waals surface area (Å²) in [5.74, 6) is 0.567. The number of piperidine rings is 1. The average Bonchev–Trinajstić information content (AvgIpc) is 3.51. The molecule has 0 spiro atoms. The molecule has 1 amide bonds. The lowest BCUT2D eigenvalue weighted by atomic mass is 9.99. The van der Waals surface area contributed by atoms with E-state index in [9.17, 15) is 13.2 Å². The molecule has 2 aromatic carbocycles. The van der Waals surface area contributed by atoms with Gasteiger partial charge in [0.1, 0.15) is 0 Å². The first kappa shape index (κ1) is 24.4. The number of hydrogen-bond acceptors (Lipinski definition) is 5. The fourth-order valence-electron chi connectivity index (χ4n) is 5.19. The van der Waals surface area contributed by atoms with E-state index in [1.807, 2.05) is 30.3 Å². The molecule has 2 aliphatic heterocycles. The van der Waals surface area contributed by atoms with E-state index >= 15 is 0 Å². The van der Waals surface area contributed by atoms with Crippen molar-refractivity contribution in [2.75, 3.05) is 31.5 Å². The topological polar surface area (TPSA) is 69.7 Å². The number of amides is 1. The van der Waals surface area contributed by atoms with Crippen LogP contribution in [-0.2, 0) is 10.0 Å². The molecule has 2 saturated heterocycles. The van der Waals surface area contributed by atoms with E-state index in [1.165, 1.54) is 24.2 Å². The van der Waals surface area contributed by atoms with E-state index in [0.717, 1.165) is 54.9 Å². The van der Waals surface area contributed by atoms with Crippen LogP contribution >= 0.6 is 11.3 Å². The Labute approximate surface area is 212 Å². The zero-order valence-electron chi connectivity index (χ0n) is 20.2. The number of hydrogen-bond donors (Lipinski definition) is 1. The van der Waals surface area contributed by atoms with Gasteiger partial charge in [-0.05, 0) is 93.4 Å². The number of likely N-dealkylation sites (tertiary alicyclic amines) is 1. The van der Waals surface area contributed by atoms with Crippen molar-refractivity contribution in [3.05, 3.63) is 59.5 Å². The summed E-state index contributed by atoms with van der Waals surface area (Å²) in [6.45, 7) is 6.04. The Kier molecular flexibility index (Phi) is 7.25. The van der Waals surface area contributed by atoms with Crippen molar-refractivity contribution in [2.24, 2.45) is 5.92 Å². The van der Waals surface area contributed by atoms with Gasteiger partial charge in [-0.3, -0.25) is 4.79 Å². The number of fused-ring (bicyclic) bond motifs is 1. The molecular formula is C27H33N3O3S2. The van der Waals surface area contributed by atoms with Gasteiger partial charge in [0.05, 0.1) is 9.77 Å². The van der Waals surface area contributed by atoms with Gasteiger partial charge < -0.3 is 10.2 Å². The average molecular weight is 512 g/mol. The molecule has 0 saturated carbocycles. The van der Waals surface area contributed by atoms with Crippen LogP contribution in [0.1, 0.15) is 48.7 Å². The van der Waals surface area contributed by atoms with Crippen molar-refractivity contribution in [3.8, 4) is 0 Å². The third kappa shape index (κ3) is 5.45. The molecule has 3 heterocycles. The minimum atomic E-state index is -3.63. The summed E-state index contributed by atoms with van der Waals surface area (Å²) < 4.78 is 29.9. The van der Waals surface area contributed by atoms with Gasteiger partial charge in [-0.1, -0.05) is 31.2 Å². The smallest absolute Gasteiger partial charge is 0.265 e. The van der Waals surface area contributed by atoms with Crippen molar-refractivity contribution in [1.29, 1.82) is 0 Å². The Morgan fingerprint density at radius 2 is 1.83 bits per heavy atom. The highest BCUT2D eigenvalue weighted by Crippen LogP contribution is 2.30. The number of nitrogens with zero attached hydrogens (tertiary/aromatic N) is 2. The molecule has 1 aromatic heterocycles. The third-order valence-corrected chi connectivity index (χ3v) is 10.4. The van der Waals surface area contributed by atoms with Crippen LogP contribution in [0, 0.1) is 5.92 Å². The van der Waals surface area contributed by atoms with Crippen molar-refractivity contribution in [2.45, 2.75) is 50.0 Å². The first-order valence-electron chi connectivity index (χ1n) is 12.5. The Bertz CT molecular complexity index is 1260. The van der Waals surface area contributed by atoms with Gasteiger partial charge in [0.2, 0.25) is 10.0 Å². The minimum absolute atomic E-state index is 0.0381. The van der Waals surface area contributed by atoms with Gasteiger partial charge >= 0.3 is 0 Å². The van der Waals surface area contributed by atoms with E-state index < -0.39 is 10.0 Å². The number of anilines is 1. The van der Waals surface area contributed by atoms with E-state index in [1.54, 1.807) is 28.6 Å². The second-order valence-electron chi connectivity index (χ2n) is 9.86. The first-order valence-corrected chi connectivity index (χ1v) is 14.8.